The third-order valence-corrected chi connectivity index (χ3v) is 3.47. The Morgan fingerprint density at radius 3 is 2.89 bits per heavy atom. The predicted molar refractivity (Wildman–Crippen MR) is 79.8 cm³/mol. The van der Waals surface area contributed by atoms with E-state index in [1.54, 1.807) is 12.3 Å². The van der Waals surface area contributed by atoms with Gasteiger partial charge >= 0.3 is 0 Å². The SMILES string of the molecule is CCCNCc1ccnn1Cc1cc(Cl)ccc1Cl. The lowest BCUT2D eigenvalue weighted by atomic mass is 10.2. The Labute approximate surface area is 123 Å². The van der Waals surface area contributed by atoms with Crippen LogP contribution in [0.4, 0.5) is 0 Å². The Hall–Kier alpha value is -1.03. The molecule has 0 aliphatic carbocycles. The maximum Gasteiger partial charge on any atom is 0.0678 e. The Morgan fingerprint density at radius 1 is 1.26 bits per heavy atom. The van der Waals surface area contributed by atoms with E-state index in [0.29, 0.717) is 16.6 Å². The van der Waals surface area contributed by atoms with Gasteiger partial charge in [-0.2, -0.15) is 5.10 Å². The van der Waals surface area contributed by atoms with Crippen molar-refractivity contribution in [2.24, 2.45) is 0 Å². The molecule has 1 aromatic carbocycles. The van der Waals surface area contributed by atoms with Crippen LogP contribution in [0.5, 0.6) is 0 Å². The molecule has 1 heterocycles. The third-order valence-electron chi connectivity index (χ3n) is 2.87. The summed E-state index contributed by atoms with van der Waals surface area (Å²) in [5.41, 5.74) is 2.12. The van der Waals surface area contributed by atoms with Crippen molar-refractivity contribution in [3.63, 3.8) is 0 Å². The van der Waals surface area contributed by atoms with Crippen LogP contribution in [-0.4, -0.2) is 16.3 Å². The van der Waals surface area contributed by atoms with Crippen LogP contribution in [0.15, 0.2) is 30.5 Å². The van der Waals surface area contributed by atoms with Crippen molar-refractivity contribution in [2.45, 2.75) is 26.4 Å². The molecule has 102 valence electrons. The summed E-state index contributed by atoms with van der Waals surface area (Å²) in [6, 6.07) is 7.51. The van der Waals surface area contributed by atoms with Crippen molar-refractivity contribution in [1.29, 1.82) is 0 Å². The summed E-state index contributed by atoms with van der Waals surface area (Å²) in [5, 5.41) is 9.11. The summed E-state index contributed by atoms with van der Waals surface area (Å²) < 4.78 is 1.94. The zero-order chi connectivity index (χ0) is 13.7. The van der Waals surface area contributed by atoms with Gasteiger partial charge in [-0.1, -0.05) is 30.1 Å². The highest BCUT2D eigenvalue weighted by molar-refractivity contribution is 6.33. The Morgan fingerprint density at radius 2 is 2.11 bits per heavy atom. The average molecular weight is 298 g/mol. The molecule has 0 radical (unpaired) electrons. The van der Waals surface area contributed by atoms with Gasteiger partial charge in [0.1, 0.15) is 0 Å². The third kappa shape index (κ3) is 3.96. The van der Waals surface area contributed by atoms with Gasteiger partial charge in [0, 0.05) is 22.8 Å². The van der Waals surface area contributed by atoms with Crippen molar-refractivity contribution in [2.75, 3.05) is 6.54 Å². The summed E-state index contributed by atoms with van der Waals surface area (Å²) in [5.74, 6) is 0. The number of hydrogen-bond acceptors (Lipinski definition) is 2. The van der Waals surface area contributed by atoms with Gasteiger partial charge in [-0.3, -0.25) is 4.68 Å². The van der Waals surface area contributed by atoms with E-state index >= 15 is 0 Å². The van der Waals surface area contributed by atoms with E-state index in [0.717, 1.165) is 30.8 Å². The minimum absolute atomic E-state index is 0.634. The van der Waals surface area contributed by atoms with E-state index in [1.165, 1.54) is 0 Å². The lowest BCUT2D eigenvalue weighted by molar-refractivity contribution is 0.592. The first-order chi connectivity index (χ1) is 9.20. The number of benzene rings is 1. The summed E-state index contributed by atoms with van der Waals surface area (Å²) in [4.78, 5) is 0. The minimum atomic E-state index is 0.634. The largest absolute Gasteiger partial charge is 0.311 e. The van der Waals surface area contributed by atoms with Crippen LogP contribution in [0.2, 0.25) is 10.0 Å². The van der Waals surface area contributed by atoms with E-state index < -0.39 is 0 Å². The fourth-order valence-electron chi connectivity index (χ4n) is 1.87. The van der Waals surface area contributed by atoms with Gasteiger partial charge < -0.3 is 5.32 Å². The number of nitrogens with one attached hydrogen (secondary N) is 1. The number of nitrogens with zero attached hydrogens (tertiary/aromatic N) is 2. The second-order valence-electron chi connectivity index (χ2n) is 4.39. The second-order valence-corrected chi connectivity index (χ2v) is 5.24. The maximum absolute atomic E-state index is 6.18. The molecule has 1 aromatic heterocycles. The van der Waals surface area contributed by atoms with E-state index in [4.69, 9.17) is 23.2 Å². The van der Waals surface area contributed by atoms with Crippen LogP contribution in [-0.2, 0) is 13.1 Å². The van der Waals surface area contributed by atoms with Crippen LogP contribution in [0.25, 0.3) is 0 Å². The second kappa shape index (κ2) is 6.94. The molecule has 0 aliphatic heterocycles. The van der Waals surface area contributed by atoms with Crippen LogP contribution in [0.3, 0.4) is 0 Å². The molecule has 0 saturated carbocycles. The highest BCUT2D eigenvalue weighted by Crippen LogP contribution is 2.21. The van der Waals surface area contributed by atoms with Gasteiger partial charge in [-0.15, -0.1) is 0 Å². The van der Waals surface area contributed by atoms with Gasteiger partial charge in [-0.25, -0.2) is 0 Å². The number of rotatable bonds is 6. The molecule has 2 aromatic rings. The van der Waals surface area contributed by atoms with Crippen molar-refractivity contribution in [1.82, 2.24) is 15.1 Å². The zero-order valence-corrected chi connectivity index (χ0v) is 12.4. The maximum atomic E-state index is 6.18. The predicted octanol–water partition coefficient (Wildman–Crippen LogP) is 3.74. The molecular formula is C14H17Cl2N3. The first kappa shape index (κ1) is 14.4. The first-order valence-corrected chi connectivity index (χ1v) is 7.11. The molecule has 0 saturated heterocycles. The normalized spacial score (nSPS) is 10.9. The highest BCUT2D eigenvalue weighted by Gasteiger charge is 2.06. The standard InChI is InChI=1S/C14H17Cl2N3/c1-2-6-17-9-13-5-7-18-19(13)10-11-8-12(15)3-4-14(11)16/h3-5,7-8,17H,2,6,9-10H2,1H3. The fourth-order valence-corrected chi connectivity index (χ4v) is 2.24. The molecule has 0 amide bonds. The molecule has 1 N–H and O–H groups in total. The fraction of sp³-hybridized carbons (Fsp3) is 0.357. The molecular weight excluding hydrogens is 281 g/mol. The summed E-state index contributed by atoms with van der Waals surface area (Å²) in [7, 11) is 0. The van der Waals surface area contributed by atoms with Gasteiger partial charge in [0.05, 0.1) is 12.2 Å². The molecule has 0 spiro atoms. The lowest BCUT2D eigenvalue weighted by Crippen LogP contribution is -2.17. The Balaban J connectivity index is 2.10. The molecule has 19 heavy (non-hydrogen) atoms. The molecule has 0 aliphatic rings. The quantitative estimate of drug-likeness (QED) is 0.823. The number of halogens is 2. The summed E-state index contributed by atoms with van der Waals surface area (Å²) in [6.07, 6.45) is 2.93. The molecule has 5 heteroatoms. The zero-order valence-electron chi connectivity index (χ0n) is 10.9. The van der Waals surface area contributed by atoms with E-state index in [2.05, 4.69) is 17.3 Å². The number of hydrogen-bond donors (Lipinski definition) is 1. The smallest absolute Gasteiger partial charge is 0.0678 e. The van der Waals surface area contributed by atoms with Gasteiger partial charge in [0.15, 0.2) is 0 Å². The van der Waals surface area contributed by atoms with Crippen LogP contribution in [0, 0.1) is 0 Å². The van der Waals surface area contributed by atoms with Crippen LogP contribution in [0.1, 0.15) is 24.6 Å². The highest BCUT2D eigenvalue weighted by atomic mass is 35.5. The average Bonchev–Trinajstić information content (AvgIpc) is 2.82. The summed E-state index contributed by atoms with van der Waals surface area (Å²) >= 11 is 12.2. The minimum Gasteiger partial charge on any atom is -0.311 e. The topological polar surface area (TPSA) is 29.9 Å². The Bertz CT molecular complexity index is 537. The van der Waals surface area contributed by atoms with E-state index in [-0.39, 0.29) is 0 Å². The Kier molecular flexibility index (Phi) is 5.25. The van der Waals surface area contributed by atoms with Crippen LogP contribution >= 0.6 is 23.2 Å². The van der Waals surface area contributed by atoms with Crippen LogP contribution < -0.4 is 5.32 Å². The molecule has 0 fully saturated rings. The molecule has 3 nitrogen and oxygen atoms in total. The van der Waals surface area contributed by atoms with Crippen molar-refractivity contribution < 1.29 is 0 Å². The van der Waals surface area contributed by atoms with Gasteiger partial charge in [-0.05, 0) is 42.8 Å². The molecule has 0 bridgehead atoms. The van der Waals surface area contributed by atoms with Gasteiger partial charge in [0.25, 0.3) is 0 Å². The number of aromatic nitrogens is 2. The van der Waals surface area contributed by atoms with E-state index in [9.17, 15) is 0 Å². The lowest BCUT2D eigenvalue weighted by Gasteiger charge is -2.10. The van der Waals surface area contributed by atoms with Crippen molar-refractivity contribution >= 4 is 23.2 Å². The van der Waals surface area contributed by atoms with Crippen molar-refractivity contribution in [3.05, 3.63) is 51.8 Å². The van der Waals surface area contributed by atoms with Gasteiger partial charge in [0.2, 0.25) is 0 Å². The molecule has 2 rings (SSSR count). The van der Waals surface area contributed by atoms with Crippen molar-refractivity contribution in [3.8, 4) is 0 Å². The monoisotopic (exact) mass is 297 g/mol. The molecule has 0 unspecified atom stereocenters. The van der Waals surface area contributed by atoms with E-state index in [1.807, 2.05) is 22.9 Å². The molecule has 0 atom stereocenters. The first-order valence-electron chi connectivity index (χ1n) is 6.36. The summed E-state index contributed by atoms with van der Waals surface area (Å²) in [6.45, 7) is 4.60.